The molecule has 86 valence electrons. The first-order chi connectivity index (χ1) is 7.21. The second-order valence-corrected chi connectivity index (χ2v) is 5.90. The van der Waals surface area contributed by atoms with E-state index in [1.54, 1.807) is 0 Å². The summed E-state index contributed by atoms with van der Waals surface area (Å²) in [5, 5.41) is 6.52. The molecule has 2 atom stereocenters. The molecule has 0 saturated carbocycles. The molecule has 2 aliphatic heterocycles. The van der Waals surface area contributed by atoms with E-state index in [0.29, 0.717) is 6.04 Å². The van der Waals surface area contributed by atoms with E-state index in [0.717, 1.165) is 31.6 Å². The summed E-state index contributed by atoms with van der Waals surface area (Å²) >= 11 is 1.93. The Labute approximate surface area is 95.8 Å². The third-order valence-electron chi connectivity index (χ3n) is 3.38. The molecule has 2 unspecified atom stereocenters. The summed E-state index contributed by atoms with van der Waals surface area (Å²) < 4.78 is 0. The van der Waals surface area contributed by atoms with Gasteiger partial charge in [-0.15, -0.1) is 0 Å². The molecular formula is C11H20N2OS. The van der Waals surface area contributed by atoms with Gasteiger partial charge in [0, 0.05) is 11.8 Å². The Morgan fingerprint density at radius 2 is 2.40 bits per heavy atom. The van der Waals surface area contributed by atoms with Crippen molar-refractivity contribution >= 4 is 17.7 Å². The highest BCUT2D eigenvalue weighted by Gasteiger charge is 2.35. The first-order valence-electron chi connectivity index (χ1n) is 5.84. The van der Waals surface area contributed by atoms with Gasteiger partial charge in [0.15, 0.2) is 0 Å². The Bertz CT molecular complexity index is 233. The van der Waals surface area contributed by atoms with E-state index in [9.17, 15) is 4.79 Å². The van der Waals surface area contributed by atoms with Gasteiger partial charge >= 0.3 is 0 Å². The van der Waals surface area contributed by atoms with Crippen LogP contribution in [0.5, 0.6) is 0 Å². The lowest BCUT2D eigenvalue weighted by molar-refractivity contribution is -0.128. The lowest BCUT2D eigenvalue weighted by Gasteiger charge is -2.34. The number of carbonyl (C=O) groups excluding carboxylic acids is 1. The summed E-state index contributed by atoms with van der Waals surface area (Å²) in [5.41, 5.74) is -0.314. The minimum absolute atomic E-state index is 0.203. The topological polar surface area (TPSA) is 41.1 Å². The third kappa shape index (κ3) is 2.67. The van der Waals surface area contributed by atoms with Crippen molar-refractivity contribution in [3.63, 3.8) is 0 Å². The minimum Gasteiger partial charge on any atom is -0.351 e. The Balaban J connectivity index is 1.87. The molecule has 2 fully saturated rings. The average Bonchev–Trinajstić information content (AvgIpc) is 2.71. The van der Waals surface area contributed by atoms with Crippen molar-refractivity contribution in [2.45, 2.75) is 44.2 Å². The number of hydrogen-bond acceptors (Lipinski definition) is 3. The quantitative estimate of drug-likeness (QED) is 0.745. The highest BCUT2D eigenvalue weighted by molar-refractivity contribution is 7.99. The second kappa shape index (κ2) is 4.74. The highest BCUT2D eigenvalue weighted by Crippen LogP contribution is 2.21. The molecule has 3 nitrogen and oxygen atoms in total. The lowest BCUT2D eigenvalue weighted by atomic mass is 9.90. The van der Waals surface area contributed by atoms with Gasteiger partial charge in [0.25, 0.3) is 0 Å². The summed E-state index contributed by atoms with van der Waals surface area (Å²) in [6, 6.07) is 0.406. The van der Waals surface area contributed by atoms with Gasteiger partial charge in [-0.25, -0.2) is 0 Å². The van der Waals surface area contributed by atoms with Gasteiger partial charge in [-0.05, 0) is 44.9 Å². The molecule has 0 aromatic heterocycles. The van der Waals surface area contributed by atoms with Crippen LogP contribution in [0.15, 0.2) is 0 Å². The molecule has 0 bridgehead atoms. The summed E-state index contributed by atoms with van der Waals surface area (Å²) in [7, 11) is 0. The molecule has 0 spiro atoms. The number of amides is 1. The van der Waals surface area contributed by atoms with E-state index >= 15 is 0 Å². The SMILES string of the molecule is CC1(C(=O)NC2CCSC2)CCCCN1. The Hall–Kier alpha value is -0.220. The van der Waals surface area contributed by atoms with Crippen LogP contribution in [0.25, 0.3) is 0 Å². The van der Waals surface area contributed by atoms with Crippen molar-refractivity contribution in [1.29, 1.82) is 0 Å². The van der Waals surface area contributed by atoms with Crippen LogP contribution in [0.2, 0.25) is 0 Å². The number of thioether (sulfide) groups is 1. The Morgan fingerprint density at radius 1 is 1.53 bits per heavy atom. The summed E-state index contributed by atoms with van der Waals surface area (Å²) in [6.45, 7) is 3.01. The maximum Gasteiger partial charge on any atom is 0.240 e. The van der Waals surface area contributed by atoms with E-state index in [4.69, 9.17) is 0 Å². The van der Waals surface area contributed by atoms with Gasteiger partial charge in [-0.2, -0.15) is 11.8 Å². The molecule has 0 aromatic carbocycles. The van der Waals surface area contributed by atoms with Crippen LogP contribution in [0.4, 0.5) is 0 Å². The third-order valence-corrected chi connectivity index (χ3v) is 4.55. The van der Waals surface area contributed by atoms with Crippen LogP contribution in [-0.4, -0.2) is 35.5 Å². The smallest absolute Gasteiger partial charge is 0.240 e. The van der Waals surface area contributed by atoms with Gasteiger partial charge in [0.05, 0.1) is 5.54 Å². The predicted molar refractivity (Wildman–Crippen MR) is 64.1 cm³/mol. The van der Waals surface area contributed by atoms with Crippen LogP contribution >= 0.6 is 11.8 Å². The largest absolute Gasteiger partial charge is 0.351 e. The minimum atomic E-state index is -0.314. The predicted octanol–water partition coefficient (Wildman–Crippen LogP) is 1.14. The van der Waals surface area contributed by atoms with Crippen LogP contribution in [0.1, 0.15) is 32.6 Å². The first-order valence-corrected chi connectivity index (χ1v) is 7.00. The number of nitrogens with one attached hydrogen (secondary N) is 2. The molecule has 1 amide bonds. The monoisotopic (exact) mass is 228 g/mol. The number of piperidine rings is 1. The standard InChI is InChI=1S/C11H20N2OS/c1-11(5-2-3-6-12-11)10(14)13-9-4-7-15-8-9/h9,12H,2-8H2,1H3,(H,13,14). The fourth-order valence-electron chi connectivity index (χ4n) is 2.24. The summed E-state index contributed by atoms with van der Waals surface area (Å²) in [5.74, 6) is 2.48. The van der Waals surface area contributed by atoms with E-state index < -0.39 is 0 Å². The van der Waals surface area contributed by atoms with Crippen LogP contribution in [-0.2, 0) is 4.79 Å². The Morgan fingerprint density at radius 3 is 3.00 bits per heavy atom. The zero-order chi connectivity index (χ0) is 10.7. The summed E-state index contributed by atoms with van der Waals surface area (Å²) in [4.78, 5) is 12.1. The van der Waals surface area contributed by atoms with Gasteiger partial charge in [-0.1, -0.05) is 0 Å². The van der Waals surface area contributed by atoms with E-state index in [1.807, 2.05) is 18.7 Å². The van der Waals surface area contributed by atoms with Crippen LogP contribution in [0, 0.1) is 0 Å². The zero-order valence-electron chi connectivity index (χ0n) is 9.34. The molecule has 0 aliphatic carbocycles. The fraction of sp³-hybridized carbons (Fsp3) is 0.909. The molecule has 2 N–H and O–H groups in total. The first kappa shape index (κ1) is 11.3. The normalized spacial score (nSPS) is 36.5. The van der Waals surface area contributed by atoms with Crippen molar-refractivity contribution in [3.8, 4) is 0 Å². The van der Waals surface area contributed by atoms with Crippen LogP contribution in [0.3, 0.4) is 0 Å². The summed E-state index contributed by atoms with van der Waals surface area (Å²) in [6.07, 6.45) is 4.46. The highest BCUT2D eigenvalue weighted by atomic mass is 32.2. The number of carbonyl (C=O) groups is 1. The van der Waals surface area contributed by atoms with E-state index in [-0.39, 0.29) is 11.4 Å². The molecule has 2 aliphatic rings. The number of hydrogen-bond donors (Lipinski definition) is 2. The van der Waals surface area contributed by atoms with Crippen LogP contribution < -0.4 is 10.6 Å². The van der Waals surface area contributed by atoms with Crippen molar-refractivity contribution < 1.29 is 4.79 Å². The molecule has 2 rings (SSSR count). The van der Waals surface area contributed by atoms with Gasteiger partial charge in [0.1, 0.15) is 0 Å². The van der Waals surface area contributed by atoms with Gasteiger partial charge in [-0.3, -0.25) is 4.79 Å². The molecule has 4 heteroatoms. The lowest BCUT2D eigenvalue weighted by Crippen LogP contribution is -2.58. The van der Waals surface area contributed by atoms with Crippen molar-refractivity contribution in [2.75, 3.05) is 18.1 Å². The maximum atomic E-state index is 12.1. The van der Waals surface area contributed by atoms with E-state index in [2.05, 4.69) is 10.6 Å². The molecule has 15 heavy (non-hydrogen) atoms. The molecule has 2 saturated heterocycles. The number of rotatable bonds is 2. The second-order valence-electron chi connectivity index (χ2n) is 4.75. The van der Waals surface area contributed by atoms with Crippen molar-refractivity contribution in [3.05, 3.63) is 0 Å². The fourth-order valence-corrected chi connectivity index (χ4v) is 3.40. The Kier molecular flexibility index (Phi) is 3.57. The van der Waals surface area contributed by atoms with Gasteiger partial charge < -0.3 is 10.6 Å². The maximum absolute atomic E-state index is 12.1. The van der Waals surface area contributed by atoms with Crippen molar-refractivity contribution in [1.82, 2.24) is 10.6 Å². The molecular weight excluding hydrogens is 208 g/mol. The van der Waals surface area contributed by atoms with Crippen molar-refractivity contribution in [2.24, 2.45) is 0 Å². The molecule has 2 heterocycles. The van der Waals surface area contributed by atoms with E-state index in [1.165, 1.54) is 12.2 Å². The molecule has 0 aromatic rings. The zero-order valence-corrected chi connectivity index (χ0v) is 10.2. The average molecular weight is 228 g/mol. The molecule has 0 radical (unpaired) electrons. The van der Waals surface area contributed by atoms with Gasteiger partial charge in [0.2, 0.25) is 5.91 Å².